The average Bonchev–Trinajstić information content (AvgIpc) is 3.34. The maximum Gasteiger partial charge on any atom is 0.160 e. The van der Waals surface area contributed by atoms with Gasteiger partial charge < -0.3 is 0 Å². The van der Waals surface area contributed by atoms with Crippen LogP contribution in [0, 0.1) is 0 Å². The van der Waals surface area contributed by atoms with E-state index in [0.29, 0.717) is 5.82 Å². The van der Waals surface area contributed by atoms with Crippen molar-refractivity contribution in [2.24, 2.45) is 0 Å². The SMILES string of the molecule is c1ccc(-c2ccc(-c3cc(-c4cccc(-c5ccccc5)c4)nc(-c4ccc(-c5ccc(-c6c7ccccc7cc7c6ccc6ccccc67)cc5)cc4)n3)cc2)cc1. The third-order valence-corrected chi connectivity index (χ3v) is 11.7. The molecule has 11 aromatic rings. The fourth-order valence-corrected chi connectivity index (χ4v) is 8.60. The third-order valence-electron chi connectivity index (χ3n) is 11.7. The lowest BCUT2D eigenvalue weighted by Gasteiger charge is -2.14. The summed E-state index contributed by atoms with van der Waals surface area (Å²) in [5.74, 6) is 0.692. The Hall–Kier alpha value is -7.94. The molecule has 10 aromatic carbocycles. The molecule has 60 heavy (non-hydrogen) atoms. The molecule has 0 atom stereocenters. The Morgan fingerprint density at radius 1 is 0.217 bits per heavy atom. The van der Waals surface area contributed by atoms with E-state index in [9.17, 15) is 0 Å². The number of rotatable bonds is 7. The van der Waals surface area contributed by atoms with E-state index in [0.717, 1.165) is 44.8 Å². The van der Waals surface area contributed by atoms with Crippen molar-refractivity contribution in [1.82, 2.24) is 9.97 Å². The van der Waals surface area contributed by atoms with Gasteiger partial charge in [0.15, 0.2) is 5.82 Å². The number of nitrogens with zero attached hydrogens (tertiary/aromatic N) is 2. The molecule has 1 heterocycles. The minimum atomic E-state index is 0.692. The van der Waals surface area contributed by atoms with Crippen molar-refractivity contribution in [2.45, 2.75) is 0 Å². The number of hydrogen-bond acceptors (Lipinski definition) is 2. The van der Waals surface area contributed by atoms with E-state index in [1.165, 1.54) is 60.1 Å². The molecule has 280 valence electrons. The van der Waals surface area contributed by atoms with Gasteiger partial charge in [-0.1, -0.05) is 212 Å². The molecular weight excluding hydrogens is 725 g/mol. The van der Waals surface area contributed by atoms with Gasteiger partial charge in [0, 0.05) is 16.7 Å². The molecule has 0 aliphatic carbocycles. The lowest BCUT2D eigenvalue weighted by atomic mass is 9.89. The fraction of sp³-hybridized carbons (Fsp3) is 0. The largest absolute Gasteiger partial charge is 0.228 e. The van der Waals surface area contributed by atoms with Crippen LogP contribution >= 0.6 is 0 Å². The quantitative estimate of drug-likeness (QED) is 0.119. The molecule has 0 N–H and O–H groups in total. The van der Waals surface area contributed by atoms with Gasteiger partial charge in [-0.25, -0.2) is 9.97 Å². The van der Waals surface area contributed by atoms with Crippen LogP contribution in [0.4, 0.5) is 0 Å². The zero-order chi connectivity index (χ0) is 39.8. The Kier molecular flexibility index (Phi) is 8.87. The van der Waals surface area contributed by atoms with Gasteiger partial charge in [0.25, 0.3) is 0 Å². The highest BCUT2D eigenvalue weighted by molar-refractivity contribution is 6.20. The highest BCUT2D eigenvalue weighted by atomic mass is 14.9. The molecule has 0 saturated heterocycles. The molecule has 0 aliphatic rings. The first-order chi connectivity index (χ1) is 29.7. The first kappa shape index (κ1) is 35.2. The summed E-state index contributed by atoms with van der Waals surface area (Å²) in [5.41, 5.74) is 14.3. The zero-order valence-corrected chi connectivity index (χ0v) is 32.8. The van der Waals surface area contributed by atoms with Gasteiger partial charge in [-0.2, -0.15) is 0 Å². The van der Waals surface area contributed by atoms with Crippen LogP contribution in [-0.4, -0.2) is 9.97 Å². The van der Waals surface area contributed by atoms with Crippen LogP contribution in [0.2, 0.25) is 0 Å². The van der Waals surface area contributed by atoms with E-state index in [4.69, 9.17) is 9.97 Å². The van der Waals surface area contributed by atoms with Crippen LogP contribution in [-0.2, 0) is 0 Å². The highest BCUT2D eigenvalue weighted by Crippen LogP contribution is 2.40. The maximum atomic E-state index is 5.20. The van der Waals surface area contributed by atoms with Crippen LogP contribution in [0.15, 0.2) is 231 Å². The Bertz CT molecular complexity index is 3320. The molecular formula is C58H38N2. The maximum absolute atomic E-state index is 5.20. The van der Waals surface area contributed by atoms with E-state index in [2.05, 4.69) is 224 Å². The summed E-state index contributed by atoms with van der Waals surface area (Å²) < 4.78 is 0. The third kappa shape index (κ3) is 6.61. The van der Waals surface area contributed by atoms with Crippen LogP contribution in [0.1, 0.15) is 0 Å². The van der Waals surface area contributed by atoms with Crippen molar-refractivity contribution < 1.29 is 0 Å². The van der Waals surface area contributed by atoms with Gasteiger partial charge in [-0.15, -0.1) is 0 Å². The van der Waals surface area contributed by atoms with Gasteiger partial charge >= 0.3 is 0 Å². The normalized spacial score (nSPS) is 11.3. The second-order valence-corrected chi connectivity index (χ2v) is 15.4. The molecule has 0 amide bonds. The van der Waals surface area contributed by atoms with E-state index in [-0.39, 0.29) is 0 Å². The Balaban J connectivity index is 0.957. The van der Waals surface area contributed by atoms with E-state index < -0.39 is 0 Å². The molecule has 0 radical (unpaired) electrons. The second-order valence-electron chi connectivity index (χ2n) is 15.4. The van der Waals surface area contributed by atoms with Crippen molar-refractivity contribution in [2.75, 3.05) is 0 Å². The van der Waals surface area contributed by atoms with Crippen LogP contribution < -0.4 is 0 Å². The topological polar surface area (TPSA) is 25.8 Å². The van der Waals surface area contributed by atoms with Gasteiger partial charge in [-0.3, -0.25) is 0 Å². The summed E-state index contributed by atoms with van der Waals surface area (Å²) in [6, 6.07) is 82.4. The van der Waals surface area contributed by atoms with Crippen molar-refractivity contribution in [3.8, 4) is 78.4 Å². The molecule has 11 rings (SSSR count). The Morgan fingerprint density at radius 3 is 1.35 bits per heavy atom. The number of hydrogen-bond donors (Lipinski definition) is 0. The van der Waals surface area contributed by atoms with Gasteiger partial charge in [0.05, 0.1) is 11.4 Å². The van der Waals surface area contributed by atoms with E-state index >= 15 is 0 Å². The smallest absolute Gasteiger partial charge is 0.160 e. The Labute approximate surface area is 349 Å². The second kappa shape index (κ2) is 15.1. The van der Waals surface area contributed by atoms with Gasteiger partial charge in [0.2, 0.25) is 0 Å². The van der Waals surface area contributed by atoms with E-state index in [1.54, 1.807) is 0 Å². The Morgan fingerprint density at radius 2 is 0.683 bits per heavy atom. The van der Waals surface area contributed by atoms with Crippen molar-refractivity contribution >= 4 is 32.3 Å². The number of fused-ring (bicyclic) bond motifs is 4. The predicted molar refractivity (Wildman–Crippen MR) is 253 cm³/mol. The molecule has 2 heteroatoms. The lowest BCUT2D eigenvalue weighted by Crippen LogP contribution is -1.96. The van der Waals surface area contributed by atoms with Gasteiger partial charge in [-0.05, 0) is 95.0 Å². The summed E-state index contributed by atoms with van der Waals surface area (Å²) in [7, 11) is 0. The standard InChI is InChI=1S/C58H38N2/c1-3-12-39(13-4-1)41-22-28-45(29-23-41)55-38-56(50-19-11-18-48(36-50)40-14-5-2-6-15-40)60-58(59-55)47-32-26-43(27-33-47)42-24-30-46(31-25-42)57-52-21-10-8-17-49(52)37-54-51-20-9-7-16-44(51)34-35-53(54)57/h1-38H. The minimum Gasteiger partial charge on any atom is -0.228 e. The lowest BCUT2D eigenvalue weighted by molar-refractivity contribution is 1.18. The molecule has 0 aliphatic heterocycles. The molecule has 0 bridgehead atoms. The van der Waals surface area contributed by atoms with Crippen molar-refractivity contribution in [3.05, 3.63) is 231 Å². The number of benzene rings is 10. The minimum absolute atomic E-state index is 0.692. The molecule has 1 aromatic heterocycles. The summed E-state index contributed by atoms with van der Waals surface area (Å²) in [4.78, 5) is 10.4. The van der Waals surface area contributed by atoms with Crippen molar-refractivity contribution in [3.63, 3.8) is 0 Å². The number of aromatic nitrogens is 2. The monoisotopic (exact) mass is 762 g/mol. The van der Waals surface area contributed by atoms with Crippen LogP contribution in [0.3, 0.4) is 0 Å². The van der Waals surface area contributed by atoms with Gasteiger partial charge in [0.1, 0.15) is 0 Å². The highest BCUT2D eigenvalue weighted by Gasteiger charge is 2.15. The molecule has 2 nitrogen and oxygen atoms in total. The summed E-state index contributed by atoms with van der Waals surface area (Å²) in [6.07, 6.45) is 0. The summed E-state index contributed by atoms with van der Waals surface area (Å²) >= 11 is 0. The molecule has 0 saturated carbocycles. The van der Waals surface area contributed by atoms with E-state index in [1.807, 2.05) is 6.07 Å². The average molecular weight is 763 g/mol. The zero-order valence-electron chi connectivity index (χ0n) is 32.8. The van der Waals surface area contributed by atoms with Crippen LogP contribution in [0.5, 0.6) is 0 Å². The first-order valence-electron chi connectivity index (χ1n) is 20.5. The molecule has 0 unspecified atom stereocenters. The fourth-order valence-electron chi connectivity index (χ4n) is 8.60. The first-order valence-corrected chi connectivity index (χ1v) is 20.5. The molecule has 0 spiro atoms. The molecule has 0 fully saturated rings. The summed E-state index contributed by atoms with van der Waals surface area (Å²) in [5, 5.41) is 7.60. The predicted octanol–water partition coefficient (Wildman–Crippen LogP) is 15.6. The van der Waals surface area contributed by atoms with Crippen molar-refractivity contribution in [1.29, 1.82) is 0 Å². The van der Waals surface area contributed by atoms with Crippen LogP contribution in [0.25, 0.3) is 111 Å². The summed E-state index contributed by atoms with van der Waals surface area (Å²) in [6.45, 7) is 0.